The van der Waals surface area contributed by atoms with Crippen molar-refractivity contribution < 1.29 is 33.2 Å². The lowest BCUT2D eigenvalue weighted by atomic mass is 10.0. The molecule has 4 N–H and O–H groups in total. The van der Waals surface area contributed by atoms with E-state index < -0.39 is 47.6 Å². The molecule has 3 rings (SSSR count). The summed E-state index contributed by atoms with van der Waals surface area (Å²) in [6, 6.07) is 11.4. The van der Waals surface area contributed by atoms with Crippen molar-refractivity contribution >= 4 is 29.3 Å². The Labute approximate surface area is 273 Å². The number of aromatic nitrogens is 1. The minimum atomic E-state index is -1.48. The quantitative estimate of drug-likeness (QED) is 0.171. The van der Waals surface area contributed by atoms with E-state index in [1.165, 1.54) is 43.5 Å². The van der Waals surface area contributed by atoms with Gasteiger partial charge >= 0.3 is 0 Å². The standard InChI is InChI=1S/C31H33FN6O6.C3H8/c1-17-9-10-22(24(32)11-17)16-34-28(40)25(14-21-7-6-8-23(13-21)38(5)31(43)18(2)15-33)35-30(42)27(20(4)39)36-29(41)26-12-19(3)44-37-26;1-3-2/h6-13,20,25,27,39H,2,14,16H2,1,3-5H3,(H,34,40)(H,35,42)(H,36,41);3H2,1-2H3/t20-,25+,27?;/m1./s1. The molecule has 12 nitrogen and oxygen atoms in total. The van der Waals surface area contributed by atoms with E-state index in [4.69, 9.17) is 9.78 Å². The van der Waals surface area contributed by atoms with E-state index in [2.05, 4.69) is 41.5 Å². The zero-order chi connectivity index (χ0) is 35.3. The molecule has 0 aliphatic rings. The summed E-state index contributed by atoms with van der Waals surface area (Å²) in [5.41, 5.74) is 1.47. The maximum atomic E-state index is 14.4. The smallest absolute Gasteiger partial charge is 0.274 e. The van der Waals surface area contributed by atoms with Crippen molar-refractivity contribution in [2.24, 2.45) is 0 Å². The van der Waals surface area contributed by atoms with Crippen LogP contribution in [0.2, 0.25) is 0 Å². The molecule has 0 aliphatic carbocycles. The minimum Gasteiger partial charge on any atom is -0.391 e. The molecule has 47 heavy (non-hydrogen) atoms. The zero-order valence-electron chi connectivity index (χ0n) is 27.4. The fraction of sp³-hybridized carbons (Fsp3) is 0.353. The number of aryl methyl sites for hydroxylation is 2. The molecule has 1 aromatic heterocycles. The molecule has 250 valence electrons. The Balaban J connectivity index is 0.00000246. The number of rotatable bonds is 12. The molecule has 2 aromatic carbocycles. The van der Waals surface area contributed by atoms with E-state index in [1.54, 1.807) is 50.2 Å². The lowest BCUT2D eigenvalue weighted by Gasteiger charge is -2.25. The summed E-state index contributed by atoms with van der Waals surface area (Å²) in [7, 11) is 1.46. The predicted molar refractivity (Wildman–Crippen MR) is 173 cm³/mol. The highest BCUT2D eigenvalue weighted by molar-refractivity contribution is 6.07. The molecule has 3 aromatic rings. The lowest BCUT2D eigenvalue weighted by Crippen LogP contribution is -2.57. The van der Waals surface area contributed by atoms with Gasteiger partial charge in [-0.2, -0.15) is 5.26 Å². The van der Waals surface area contributed by atoms with Crippen LogP contribution in [0.15, 0.2) is 65.2 Å². The molecule has 0 fully saturated rings. The summed E-state index contributed by atoms with van der Waals surface area (Å²) in [6.07, 6.45) is -0.208. The summed E-state index contributed by atoms with van der Waals surface area (Å²) in [6.45, 7) is 12.1. The van der Waals surface area contributed by atoms with Crippen molar-refractivity contribution in [3.05, 3.63) is 94.6 Å². The van der Waals surface area contributed by atoms with Gasteiger partial charge < -0.3 is 30.5 Å². The zero-order valence-corrected chi connectivity index (χ0v) is 27.4. The van der Waals surface area contributed by atoms with Gasteiger partial charge in [-0.05, 0) is 50.1 Å². The molecule has 13 heteroatoms. The minimum absolute atomic E-state index is 0.0913. The van der Waals surface area contributed by atoms with Crippen molar-refractivity contribution in [2.45, 2.75) is 72.2 Å². The number of benzene rings is 2. The molecule has 4 amide bonds. The van der Waals surface area contributed by atoms with Gasteiger partial charge in [0.15, 0.2) is 5.69 Å². The number of hydrogen-bond acceptors (Lipinski definition) is 8. The number of nitriles is 1. The maximum Gasteiger partial charge on any atom is 0.274 e. The van der Waals surface area contributed by atoms with Gasteiger partial charge in [-0.25, -0.2) is 4.39 Å². The van der Waals surface area contributed by atoms with Crippen molar-refractivity contribution in [1.29, 1.82) is 5.26 Å². The number of aliphatic hydroxyl groups is 1. The van der Waals surface area contributed by atoms with E-state index in [9.17, 15) is 28.7 Å². The SMILES string of the molecule is C=C(C#N)C(=O)N(C)c1cccc(C[C@H](NC(=O)C(NC(=O)c2cc(C)on2)[C@@H](C)O)C(=O)NCc2ccc(C)cc2F)c1.CCC. The number of amides is 4. The second kappa shape index (κ2) is 18.0. The van der Waals surface area contributed by atoms with Crippen LogP contribution in [-0.2, 0) is 27.3 Å². The van der Waals surface area contributed by atoms with Crippen LogP contribution in [-0.4, -0.2) is 59.1 Å². The molecule has 0 spiro atoms. The van der Waals surface area contributed by atoms with Crippen molar-refractivity contribution in [3.63, 3.8) is 0 Å². The highest BCUT2D eigenvalue weighted by atomic mass is 19.1. The van der Waals surface area contributed by atoms with Gasteiger partial charge in [0.25, 0.3) is 11.8 Å². The number of nitrogens with zero attached hydrogens (tertiary/aromatic N) is 3. The fourth-order valence-corrected chi connectivity index (χ4v) is 4.16. The van der Waals surface area contributed by atoms with Crippen LogP contribution in [0.25, 0.3) is 0 Å². The third kappa shape index (κ3) is 11.2. The topological polar surface area (TPSA) is 178 Å². The van der Waals surface area contributed by atoms with Gasteiger partial charge in [-0.1, -0.05) is 56.3 Å². The van der Waals surface area contributed by atoms with E-state index in [-0.39, 0.29) is 29.8 Å². The number of halogens is 1. The summed E-state index contributed by atoms with van der Waals surface area (Å²) in [5.74, 6) is -3.09. The Morgan fingerprint density at radius 2 is 1.77 bits per heavy atom. The number of hydrogen-bond donors (Lipinski definition) is 4. The first kappa shape index (κ1) is 37.8. The molecule has 0 aliphatic heterocycles. The largest absolute Gasteiger partial charge is 0.391 e. The maximum absolute atomic E-state index is 14.4. The first-order chi connectivity index (χ1) is 22.2. The third-order valence-corrected chi connectivity index (χ3v) is 6.64. The summed E-state index contributed by atoms with van der Waals surface area (Å²) < 4.78 is 19.3. The molecule has 0 saturated carbocycles. The molecule has 0 saturated heterocycles. The fourth-order valence-electron chi connectivity index (χ4n) is 4.16. The van der Waals surface area contributed by atoms with Crippen LogP contribution < -0.4 is 20.9 Å². The first-order valence-corrected chi connectivity index (χ1v) is 14.9. The molecule has 1 unspecified atom stereocenters. The average molecular weight is 649 g/mol. The highest BCUT2D eigenvalue weighted by Crippen LogP contribution is 2.18. The number of aliphatic hydroxyl groups excluding tert-OH is 1. The molecular formula is C34H41FN6O6. The van der Waals surface area contributed by atoms with E-state index in [0.29, 0.717) is 22.6 Å². The Bertz CT molecular complexity index is 1630. The first-order valence-electron chi connectivity index (χ1n) is 14.9. The monoisotopic (exact) mass is 648 g/mol. The number of likely N-dealkylation sites (N-methyl/N-ethyl adjacent to an activating group) is 1. The van der Waals surface area contributed by atoms with Crippen LogP contribution in [0, 0.1) is 31.0 Å². The summed E-state index contributed by atoms with van der Waals surface area (Å²) in [5, 5.41) is 30.5. The van der Waals surface area contributed by atoms with Gasteiger partial charge in [0, 0.05) is 37.3 Å². The second-order valence-corrected chi connectivity index (χ2v) is 10.9. The molecule has 1 heterocycles. The number of nitrogens with one attached hydrogen (secondary N) is 3. The Kier molecular flexibility index (Phi) is 14.5. The van der Waals surface area contributed by atoms with E-state index in [0.717, 1.165) is 0 Å². The molecular weight excluding hydrogens is 607 g/mol. The van der Waals surface area contributed by atoms with Gasteiger partial charge in [-0.3, -0.25) is 19.2 Å². The average Bonchev–Trinajstić information content (AvgIpc) is 3.48. The second-order valence-electron chi connectivity index (χ2n) is 10.9. The molecule has 0 radical (unpaired) electrons. The number of carbonyl (C=O) groups excluding carboxylic acids is 4. The predicted octanol–water partition coefficient (Wildman–Crippen LogP) is 3.41. The third-order valence-electron chi connectivity index (χ3n) is 6.64. The van der Waals surface area contributed by atoms with Crippen LogP contribution in [0.5, 0.6) is 0 Å². The Morgan fingerprint density at radius 1 is 1.09 bits per heavy atom. The molecule has 3 atom stereocenters. The highest BCUT2D eigenvalue weighted by Gasteiger charge is 2.31. The lowest BCUT2D eigenvalue weighted by molar-refractivity contribution is -0.131. The number of anilines is 1. The van der Waals surface area contributed by atoms with Gasteiger partial charge in [0.2, 0.25) is 11.8 Å². The van der Waals surface area contributed by atoms with E-state index in [1.807, 2.05) is 0 Å². The van der Waals surface area contributed by atoms with Gasteiger partial charge in [-0.15, -0.1) is 0 Å². The van der Waals surface area contributed by atoms with Crippen LogP contribution >= 0.6 is 0 Å². The summed E-state index contributed by atoms with van der Waals surface area (Å²) >= 11 is 0. The van der Waals surface area contributed by atoms with Gasteiger partial charge in [0.1, 0.15) is 35.3 Å². The van der Waals surface area contributed by atoms with Crippen molar-refractivity contribution in [1.82, 2.24) is 21.1 Å². The van der Waals surface area contributed by atoms with Crippen LogP contribution in [0.4, 0.5) is 10.1 Å². The van der Waals surface area contributed by atoms with Crippen LogP contribution in [0.3, 0.4) is 0 Å². The van der Waals surface area contributed by atoms with Gasteiger partial charge in [0.05, 0.1) is 6.10 Å². The molecule has 0 bridgehead atoms. The van der Waals surface area contributed by atoms with E-state index >= 15 is 0 Å². The number of carbonyl (C=O) groups is 4. The normalized spacial score (nSPS) is 12.2. The van der Waals surface area contributed by atoms with Crippen molar-refractivity contribution in [3.8, 4) is 6.07 Å². The van der Waals surface area contributed by atoms with Crippen molar-refractivity contribution in [2.75, 3.05) is 11.9 Å². The van der Waals surface area contributed by atoms with Crippen LogP contribution in [0.1, 0.15) is 60.1 Å². The summed E-state index contributed by atoms with van der Waals surface area (Å²) in [4.78, 5) is 53.0. The Morgan fingerprint density at radius 3 is 2.34 bits per heavy atom. The Hall–Kier alpha value is -5.35.